The fraction of sp³-hybridized carbons (Fsp3) is 0.562. The van der Waals surface area contributed by atoms with Gasteiger partial charge in [0.1, 0.15) is 0 Å². The van der Waals surface area contributed by atoms with Crippen molar-refractivity contribution in [2.75, 3.05) is 31.2 Å². The van der Waals surface area contributed by atoms with E-state index < -0.39 is 0 Å². The van der Waals surface area contributed by atoms with Crippen LogP contribution in [0.2, 0.25) is 0 Å². The molecular weight excluding hydrogens is 250 g/mol. The molecule has 0 atom stereocenters. The van der Waals surface area contributed by atoms with Crippen LogP contribution in [0.5, 0.6) is 0 Å². The van der Waals surface area contributed by atoms with Crippen LogP contribution in [-0.2, 0) is 4.79 Å². The molecule has 0 radical (unpaired) electrons. The maximum atomic E-state index is 11.8. The Kier molecular flexibility index (Phi) is 6.02. The molecule has 112 valence electrons. The number of hydrogen-bond donors (Lipinski definition) is 2. The minimum atomic E-state index is 0.0204. The summed E-state index contributed by atoms with van der Waals surface area (Å²) < 4.78 is 0. The summed E-state index contributed by atoms with van der Waals surface area (Å²) in [7, 11) is 2.10. The fourth-order valence-corrected chi connectivity index (χ4v) is 2.22. The van der Waals surface area contributed by atoms with Gasteiger partial charge >= 0.3 is 0 Å². The highest BCUT2D eigenvalue weighted by Gasteiger charge is 2.13. The topological polar surface area (TPSA) is 58.4 Å². The monoisotopic (exact) mass is 277 g/mol. The zero-order chi connectivity index (χ0) is 15.2. The lowest BCUT2D eigenvalue weighted by Gasteiger charge is -2.26. The van der Waals surface area contributed by atoms with E-state index in [0.29, 0.717) is 17.8 Å². The van der Waals surface area contributed by atoms with Crippen molar-refractivity contribution < 1.29 is 4.79 Å². The molecule has 1 aromatic carbocycles. The number of carbonyl (C=O) groups excluding carboxylic acids is 1. The highest BCUT2D eigenvalue weighted by molar-refractivity contribution is 5.93. The van der Waals surface area contributed by atoms with Gasteiger partial charge in [-0.05, 0) is 37.6 Å². The van der Waals surface area contributed by atoms with Gasteiger partial charge in [-0.1, -0.05) is 32.9 Å². The molecule has 1 amide bonds. The third kappa shape index (κ3) is 6.57. The van der Waals surface area contributed by atoms with E-state index in [1.807, 2.05) is 18.2 Å². The van der Waals surface area contributed by atoms with Crippen molar-refractivity contribution in [2.45, 2.75) is 33.6 Å². The Hall–Kier alpha value is -1.55. The molecule has 1 aromatic rings. The van der Waals surface area contributed by atoms with E-state index in [1.54, 1.807) is 6.07 Å². The molecule has 0 aliphatic heterocycles. The van der Waals surface area contributed by atoms with Crippen molar-refractivity contribution in [2.24, 2.45) is 5.41 Å². The predicted octanol–water partition coefficient (Wildman–Crippen LogP) is 2.97. The third-order valence-electron chi connectivity index (χ3n) is 2.92. The predicted molar refractivity (Wildman–Crippen MR) is 85.7 cm³/mol. The number of nitrogens with two attached hydrogens (primary N) is 1. The second-order valence-corrected chi connectivity index (χ2v) is 6.54. The molecule has 0 aliphatic rings. The number of para-hydroxylation sites is 2. The van der Waals surface area contributed by atoms with Gasteiger partial charge in [0, 0.05) is 13.0 Å². The van der Waals surface area contributed by atoms with E-state index in [9.17, 15) is 4.79 Å². The minimum Gasteiger partial charge on any atom is -0.397 e. The van der Waals surface area contributed by atoms with Crippen LogP contribution >= 0.6 is 0 Å². The van der Waals surface area contributed by atoms with Gasteiger partial charge < -0.3 is 16.0 Å². The van der Waals surface area contributed by atoms with E-state index in [4.69, 9.17) is 5.73 Å². The van der Waals surface area contributed by atoms with E-state index in [2.05, 4.69) is 38.0 Å². The number of anilines is 2. The molecule has 20 heavy (non-hydrogen) atoms. The van der Waals surface area contributed by atoms with Gasteiger partial charge in [0.15, 0.2) is 0 Å². The van der Waals surface area contributed by atoms with Crippen LogP contribution in [0.25, 0.3) is 0 Å². The molecule has 0 aliphatic carbocycles. The van der Waals surface area contributed by atoms with E-state index in [-0.39, 0.29) is 11.3 Å². The van der Waals surface area contributed by atoms with Crippen LogP contribution in [0.1, 0.15) is 33.6 Å². The standard InChI is InChI=1S/C16H27N3O/c1-16(2,3)12-19(4)11-7-10-15(20)18-14-9-6-5-8-13(14)17/h5-6,8-9H,7,10-12,17H2,1-4H3,(H,18,20). The van der Waals surface area contributed by atoms with Gasteiger partial charge in [0.2, 0.25) is 5.91 Å². The van der Waals surface area contributed by atoms with Crippen molar-refractivity contribution in [1.29, 1.82) is 0 Å². The second-order valence-electron chi connectivity index (χ2n) is 6.54. The first-order valence-electron chi connectivity index (χ1n) is 7.11. The summed E-state index contributed by atoms with van der Waals surface area (Å²) in [5.74, 6) is 0.0204. The summed E-state index contributed by atoms with van der Waals surface area (Å²) in [6.45, 7) is 8.60. The third-order valence-corrected chi connectivity index (χ3v) is 2.92. The Balaban J connectivity index is 2.29. The van der Waals surface area contributed by atoms with Gasteiger partial charge in [0.25, 0.3) is 0 Å². The first kappa shape index (κ1) is 16.5. The first-order valence-corrected chi connectivity index (χ1v) is 7.11. The normalized spacial score (nSPS) is 11.7. The van der Waals surface area contributed by atoms with Gasteiger partial charge in [-0.25, -0.2) is 0 Å². The molecule has 0 unspecified atom stereocenters. The van der Waals surface area contributed by atoms with Crippen LogP contribution in [-0.4, -0.2) is 30.9 Å². The Morgan fingerprint density at radius 1 is 1.30 bits per heavy atom. The van der Waals surface area contributed by atoms with Crippen molar-refractivity contribution in [3.8, 4) is 0 Å². The summed E-state index contributed by atoms with van der Waals surface area (Å²) in [6.07, 6.45) is 1.37. The number of nitrogens with zero attached hydrogens (tertiary/aromatic N) is 1. The molecule has 4 nitrogen and oxygen atoms in total. The van der Waals surface area contributed by atoms with Crippen molar-refractivity contribution in [1.82, 2.24) is 4.90 Å². The van der Waals surface area contributed by atoms with Crippen molar-refractivity contribution >= 4 is 17.3 Å². The van der Waals surface area contributed by atoms with E-state index >= 15 is 0 Å². The molecule has 3 N–H and O–H groups in total. The lowest BCUT2D eigenvalue weighted by Crippen LogP contribution is -2.30. The number of hydrogen-bond acceptors (Lipinski definition) is 3. The van der Waals surface area contributed by atoms with Crippen LogP contribution < -0.4 is 11.1 Å². The highest BCUT2D eigenvalue weighted by Crippen LogP contribution is 2.17. The number of nitrogen functional groups attached to an aromatic ring is 1. The second kappa shape index (κ2) is 7.29. The van der Waals surface area contributed by atoms with Crippen LogP contribution in [0.4, 0.5) is 11.4 Å². The number of amides is 1. The molecule has 4 heteroatoms. The fourth-order valence-electron chi connectivity index (χ4n) is 2.22. The molecular formula is C16H27N3O. The zero-order valence-electron chi connectivity index (χ0n) is 13.1. The zero-order valence-corrected chi connectivity index (χ0v) is 13.1. The SMILES string of the molecule is CN(CCCC(=O)Nc1ccccc1N)CC(C)(C)C. The summed E-state index contributed by atoms with van der Waals surface area (Å²) in [4.78, 5) is 14.1. The summed E-state index contributed by atoms with van der Waals surface area (Å²) in [5, 5.41) is 2.85. The summed E-state index contributed by atoms with van der Waals surface area (Å²) in [6, 6.07) is 7.32. The lowest BCUT2D eigenvalue weighted by molar-refractivity contribution is -0.116. The molecule has 1 rings (SSSR count). The van der Waals surface area contributed by atoms with Crippen LogP contribution in [0, 0.1) is 5.41 Å². The maximum absolute atomic E-state index is 11.8. The van der Waals surface area contributed by atoms with Gasteiger partial charge in [-0.15, -0.1) is 0 Å². The van der Waals surface area contributed by atoms with E-state index in [0.717, 1.165) is 19.5 Å². The largest absolute Gasteiger partial charge is 0.397 e. The number of rotatable bonds is 6. The highest BCUT2D eigenvalue weighted by atomic mass is 16.1. The van der Waals surface area contributed by atoms with E-state index in [1.165, 1.54) is 0 Å². The van der Waals surface area contributed by atoms with Crippen LogP contribution in [0.3, 0.4) is 0 Å². The molecule has 0 spiro atoms. The minimum absolute atomic E-state index is 0.0204. The molecule has 0 saturated carbocycles. The smallest absolute Gasteiger partial charge is 0.224 e. The molecule has 0 fully saturated rings. The first-order chi connectivity index (χ1) is 9.28. The number of carbonyl (C=O) groups is 1. The van der Waals surface area contributed by atoms with Crippen molar-refractivity contribution in [3.05, 3.63) is 24.3 Å². The molecule has 0 bridgehead atoms. The number of nitrogens with one attached hydrogen (secondary N) is 1. The number of benzene rings is 1. The Bertz CT molecular complexity index is 438. The quantitative estimate of drug-likeness (QED) is 0.786. The average Bonchev–Trinajstić information content (AvgIpc) is 2.29. The van der Waals surface area contributed by atoms with Gasteiger partial charge in [-0.3, -0.25) is 4.79 Å². The van der Waals surface area contributed by atoms with Crippen molar-refractivity contribution in [3.63, 3.8) is 0 Å². The molecule has 0 saturated heterocycles. The summed E-state index contributed by atoms with van der Waals surface area (Å²) >= 11 is 0. The molecule has 0 aromatic heterocycles. The lowest BCUT2D eigenvalue weighted by atomic mass is 9.96. The maximum Gasteiger partial charge on any atom is 0.224 e. The Morgan fingerprint density at radius 3 is 2.55 bits per heavy atom. The van der Waals surface area contributed by atoms with Gasteiger partial charge in [0.05, 0.1) is 11.4 Å². The summed E-state index contributed by atoms with van der Waals surface area (Å²) in [5.41, 5.74) is 7.38. The Labute approximate surface area is 122 Å². The average molecular weight is 277 g/mol. The van der Waals surface area contributed by atoms with Crippen LogP contribution in [0.15, 0.2) is 24.3 Å². The molecule has 0 heterocycles. The Morgan fingerprint density at radius 2 is 1.95 bits per heavy atom. The van der Waals surface area contributed by atoms with Gasteiger partial charge in [-0.2, -0.15) is 0 Å².